The lowest BCUT2D eigenvalue weighted by molar-refractivity contribution is -0.192. The van der Waals surface area contributed by atoms with Crippen LogP contribution in [0.4, 0.5) is 36.7 Å². The molecule has 0 unspecified atom stereocenters. The van der Waals surface area contributed by atoms with Gasteiger partial charge in [0.15, 0.2) is 0 Å². The molecule has 2 aromatic rings. The molecular formula is C26H39F3N8O4. The van der Waals surface area contributed by atoms with Gasteiger partial charge in [-0.05, 0) is 50.0 Å². The fourth-order valence-electron chi connectivity index (χ4n) is 3.92. The van der Waals surface area contributed by atoms with Gasteiger partial charge in [0.2, 0.25) is 17.8 Å². The maximum atomic E-state index is 12.2. The van der Waals surface area contributed by atoms with Crippen LogP contribution in [0.2, 0.25) is 0 Å². The van der Waals surface area contributed by atoms with E-state index in [1.54, 1.807) is 12.1 Å². The highest BCUT2D eigenvalue weighted by molar-refractivity contribution is 5.94. The number of nitrogens with zero attached hydrogens (tertiary/aromatic N) is 6. The van der Waals surface area contributed by atoms with E-state index in [9.17, 15) is 18.0 Å². The average Bonchev–Trinajstić information content (AvgIpc) is 3.08. The number of halogens is 3. The minimum Gasteiger partial charge on any atom is -0.475 e. The molecule has 0 aliphatic carbocycles. The zero-order valence-corrected chi connectivity index (χ0v) is 24.5. The minimum atomic E-state index is -5.08. The van der Waals surface area contributed by atoms with Crippen molar-refractivity contribution < 1.29 is 32.7 Å². The molecule has 3 N–H and O–H groups in total. The number of hydrogen-bond donors (Lipinski definition) is 3. The number of benzene rings is 1. The van der Waals surface area contributed by atoms with Crippen LogP contribution in [0.15, 0.2) is 18.2 Å². The van der Waals surface area contributed by atoms with E-state index in [2.05, 4.69) is 53.3 Å². The third-order valence-corrected chi connectivity index (χ3v) is 5.85. The normalized spacial score (nSPS) is 14.4. The number of carboxylic acid groups (broad SMARTS) is 1. The number of anilines is 4. The highest BCUT2D eigenvalue weighted by Crippen LogP contribution is 2.25. The Hall–Kier alpha value is -3.72. The maximum Gasteiger partial charge on any atom is 0.490 e. The van der Waals surface area contributed by atoms with E-state index in [0.717, 1.165) is 50.4 Å². The molecule has 0 spiro atoms. The first-order valence-electron chi connectivity index (χ1n) is 12.9. The Morgan fingerprint density at radius 1 is 1.10 bits per heavy atom. The Labute approximate surface area is 237 Å². The Bertz CT molecular complexity index is 1190. The quantitative estimate of drug-likeness (QED) is 0.413. The van der Waals surface area contributed by atoms with Gasteiger partial charge in [0.1, 0.15) is 0 Å². The molecule has 2 heterocycles. The summed E-state index contributed by atoms with van der Waals surface area (Å²) in [6.07, 6.45) is -4.03. The van der Waals surface area contributed by atoms with Crippen LogP contribution in [0.25, 0.3) is 0 Å². The molecule has 3 rings (SSSR count). The van der Waals surface area contributed by atoms with Crippen LogP contribution in [0, 0.1) is 12.3 Å². The SMILES string of the molecule is CONC(=O)c1ccc(C)c(Nc2nc(N(C)CC(C)(C)C)nc(N3CCCN(C)CC3)n2)c1.O=C(O)C(F)(F)F. The predicted octanol–water partition coefficient (Wildman–Crippen LogP) is 3.47. The number of carbonyl (C=O) groups is 2. The number of hydroxylamine groups is 1. The van der Waals surface area contributed by atoms with Crippen molar-refractivity contribution in [2.75, 3.05) is 69.0 Å². The number of carboxylic acids is 1. The number of hydrogen-bond acceptors (Lipinski definition) is 10. The number of aryl methyl sites for hydroxylation is 1. The van der Waals surface area contributed by atoms with Gasteiger partial charge in [-0.15, -0.1) is 0 Å². The second kappa shape index (κ2) is 14.3. The fourth-order valence-corrected chi connectivity index (χ4v) is 3.92. The molecule has 1 aromatic heterocycles. The second-order valence-electron chi connectivity index (χ2n) is 10.9. The van der Waals surface area contributed by atoms with E-state index in [1.807, 2.05) is 20.0 Å². The smallest absolute Gasteiger partial charge is 0.475 e. The number of aromatic nitrogens is 3. The largest absolute Gasteiger partial charge is 0.490 e. The van der Waals surface area contributed by atoms with Crippen LogP contribution in [-0.4, -0.2) is 96.9 Å². The lowest BCUT2D eigenvalue weighted by Crippen LogP contribution is -2.33. The zero-order chi connectivity index (χ0) is 31.0. The van der Waals surface area contributed by atoms with Crippen molar-refractivity contribution in [3.8, 4) is 0 Å². The Morgan fingerprint density at radius 3 is 2.34 bits per heavy atom. The molecule has 0 atom stereocenters. The molecule has 1 aliphatic heterocycles. The molecule has 1 fully saturated rings. The number of carbonyl (C=O) groups excluding carboxylic acids is 1. The highest BCUT2D eigenvalue weighted by Gasteiger charge is 2.38. The summed E-state index contributed by atoms with van der Waals surface area (Å²) < 4.78 is 31.7. The van der Waals surface area contributed by atoms with Gasteiger partial charge in [0.25, 0.3) is 5.91 Å². The summed E-state index contributed by atoms with van der Waals surface area (Å²) in [6.45, 7) is 13.1. The average molecular weight is 585 g/mol. The minimum absolute atomic E-state index is 0.0834. The van der Waals surface area contributed by atoms with E-state index >= 15 is 0 Å². The number of alkyl halides is 3. The summed E-state index contributed by atoms with van der Waals surface area (Å²) in [7, 11) is 5.56. The third-order valence-electron chi connectivity index (χ3n) is 5.85. The molecular weight excluding hydrogens is 545 g/mol. The van der Waals surface area contributed by atoms with E-state index < -0.39 is 12.1 Å². The monoisotopic (exact) mass is 584 g/mol. The van der Waals surface area contributed by atoms with Gasteiger partial charge in [0, 0.05) is 44.5 Å². The zero-order valence-electron chi connectivity index (χ0n) is 24.5. The van der Waals surface area contributed by atoms with Gasteiger partial charge < -0.3 is 25.1 Å². The maximum absolute atomic E-state index is 12.2. The standard InChI is InChI=1S/C24H38N8O2.C2HF3O2/c1-17-9-10-18(20(33)29-34-7)15-19(17)25-21-26-22(31(6)16-24(2,3)4)28-23(27-21)32-12-8-11-30(5)13-14-32;3-2(4,5)1(6)7/h9-10,15H,8,11-14,16H2,1-7H3,(H,29,33)(H,25,26,27,28);(H,6,7). The lowest BCUT2D eigenvalue weighted by atomic mass is 9.96. The fraction of sp³-hybridized carbons (Fsp3) is 0.577. The Kier molecular flexibility index (Phi) is 11.6. The third kappa shape index (κ3) is 11.0. The molecule has 228 valence electrons. The first kappa shape index (κ1) is 33.5. The molecule has 12 nitrogen and oxygen atoms in total. The van der Waals surface area contributed by atoms with Crippen LogP contribution in [-0.2, 0) is 9.63 Å². The van der Waals surface area contributed by atoms with E-state index in [4.69, 9.17) is 29.7 Å². The van der Waals surface area contributed by atoms with Crippen molar-refractivity contribution in [3.05, 3.63) is 29.3 Å². The van der Waals surface area contributed by atoms with Crippen molar-refractivity contribution in [3.63, 3.8) is 0 Å². The van der Waals surface area contributed by atoms with Gasteiger partial charge in [-0.1, -0.05) is 26.8 Å². The number of aliphatic carboxylic acids is 1. The lowest BCUT2D eigenvalue weighted by Gasteiger charge is -2.28. The van der Waals surface area contributed by atoms with Crippen LogP contribution >= 0.6 is 0 Å². The van der Waals surface area contributed by atoms with Gasteiger partial charge in [-0.2, -0.15) is 28.1 Å². The molecule has 41 heavy (non-hydrogen) atoms. The van der Waals surface area contributed by atoms with Crippen molar-refractivity contribution in [2.45, 2.75) is 40.3 Å². The van der Waals surface area contributed by atoms with Crippen molar-refractivity contribution in [2.24, 2.45) is 5.41 Å². The van der Waals surface area contributed by atoms with Crippen LogP contribution in [0.3, 0.4) is 0 Å². The van der Waals surface area contributed by atoms with Crippen molar-refractivity contribution in [1.82, 2.24) is 25.3 Å². The Morgan fingerprint density at radius 2 is 1.76 bits per heavy atom. The van der Waals surface area contributed by atoms with Gasteiger partial charge in [-0.25, -0.2) is 10.3 Å². The van der Waals surface area contributed by atoms with Gasteiger partial charge in [0.05, 0.1) is 7.11 Å². The molecule has 1 saturated heterocycles. The van der Waals surface area contributed by atoms with E-state index in [0.29, 0.717) is 23.4 Å². The summed E-state index contributed by atoms with van der Waals surface area (Å²) in [5.41, 5.74) is 4.63. The highest BCUT2D eigenvalue weighted by atomic mass is 19.4. The second-order valence-corrected chi connectivity index (χ2v) is 10.9. The molecule has 1 aliphatic rings. The molecule has 0 saturated carbocycles. The van der Waals surface area contributed by atoms with Crippen LogP contribution < -0.4 is 20.6 Å². The summed E-state index contributed by atoms with van der Waals surface area (Å²) >= 11 is 0. The first-order chi connectivity index (χ1) is 19.0. The predicted molar refractivity (Wildman–Crippen MR) is 150 cm³/mol. The van der Waals surface area contributed by atoms with Crippen molar-refractivity contribution >= 4 is 35.4 Å². The topological polar surface area (TPSA) is 136 Å². The first-order valence-corrected chi connectivity index (χ1v) is 12.9. The van der Waals surface area contributed by atoms with E-state index in [-0.39, 0.29) is 11.3 Å². The number of amides is 1. The molecule has 0 radical (unpaired) electrons. The summed E-state index contributed by atoms with van der Waals surface area (Å²) in [4.78, 5) is 46.8. The number of likely N-dealkylation sites (N-methyl/N-ethyl adjacent to an activating group) is 1. The van der Waals surface area contributed by atoms with Crippen molar-refractivity contribution in [1.29, 1.82) is 0 Å². The van der Waals surface area contributed by atoms with Crippen LogP contribution in [0.1, 0.15) is 43.1 Å². The molecule has 0 bridgehead atoms. The Balaban J connectivity index is 0.000000745. The van der Waals surface area contributed by atoms with E-state index in [1.165, 1.54) is 7.11 Å². The van der Waals surface area contributed by atoms with Gasteiger partial charge in [-0.3, -0.25) is 9.63 Å². The number of nitrogens with one attached hydrogen (secondary N) is 2. The summed E-state index contributed by atoms with van der Waals surface area (Å²) in [5, 5.41) is 10.4. The molecule has 1 aromatic carbocycles. The van der Waals surface area contributed by atoms with Gasteiger partial charge >= 0.3 is 12.1 Å². The molecule has 15 heteroatoms. The summed E-state index contributed by atoms with van der Waals surface area (Å²) in [6, 6.07) is 5.41. The van der Waals surface area contributed by atoms with Crippen LogP contribution in [0.5, 0.6) is 0 Å². The number of rotatable bonds is 7. The molecule has 1 amide bonds. The summed E-state index contributed by atoms with van der Waals surface area (Å²) in [5.74, 6) is -1.35.